The van der Waals surface area contributed by atoms with E-state index in [2.05, 4.69) is 12.7 Å². The lowest BCUT2D eigenvalue weighted by atomic mass is 9.87. The molecule has 4 heteroatoms. The highest BCUT2D eigenvalue weighted by Crippen LogP contribution is 2.34. The number of hydrogen-bond acceptors (Lipinski definition) is 3. The third-order valence-electron chi connectivity index (χ3n) is 4.78. The fraction of sp³-hybridized carbons (Fsp3) is 0.579. The molecule has 0 aromatic carbocycles. The van der Waals surface area contributed by atoms with Crippen molar-refractivity contribution in [3.8, 4) is 0 Å². The molecule has 0 radical (unpaired) electrons. The Morgan fingerprint density at radius 1 is 1.35 bits per heavy atom. The molecule has 2 aliphatic rings. The van der Waals surface area contributed by atoms with Crippen LogP contribution in [0.3, 0.4) is 0 Å². The number of carbonyl (C=O) groups excluding carboxylic acids is 2. The molecule has 1 aliphatic carbocycles. The molecule has 1 fully saturated rings. The Hall–Kier alpha value is -1.84. The number of amides is 1. The van der Waals surface area contributed by atoms with Crippen molar-refractivity contribution >= 4 is 11.9 Å². The van der Waals surface area contributed by atoms with Crippen LogP contribution in [0.5, 0.6) is 0 Å². The third-order valence-corrected chi connectivity index (χ3v) is 4.78. The summed E-state index contributed by atoms with van der Waals surface area (Å²) >= 11 is 0. The van der Waals surface area contributed by atoms with Gasteiger partial charge in [-0.25, -0.2) is 4.79 Å². The minimum Gasteiger partial charge on any atom is -0.454 e. The highest BCUT2D eigenvalue weighted by molar-refractivity contribution is 5.93. The molecule has 0 aromatic rings. The van der Waals surface area contributed by atoms with E-state index in [4.69, 9.17) is 4.74 Å². The summed E-state index contributed by atoms with van der Waals surface area (Å²) in [7, 11) is 0. The Bertz CT molecular complexity index is 555. The second-order valence-corrected chi connectivity index (χ2v) is 6.30. The molecular weight excluding hydrogens is 290 g/mol. The summed E-state index contributed by atoms with van der Waals surface area (Å²) in [5, 5.41) is 0. The highest BCUT2D eigenvalue weighted by atomic mass is 16.5. The number of allylic oxidation sites excluding steroid dienone is 2. The molecule has 23 heavy (non-hydrogen) atoms. The zero-order valence-electron chi connectivity index (χ0n) is 14.4. The number of likely N-dealkylation sites (N-methyl/N-ethyl adjacent to an activating group) is 1. The Morgan fingerprint density at radius 2 is 2.04 bits per heavy atom. The van der Waals surface area contributed by atoms with Crippen molar-refractivity contribution in [1.29, 1.82) is 0 Å². The van der Waals surface area contributed by atoms with Crippen molar-refractivity contribution in [1.82, 2.24) is 4.90 Å². The fourth-order valence-electron chi connectivity index (χ4n) is 3.28. The van der Waals surface area contributed by atoms with Crippen LogP contribution in [-0.4, -0.2) is 36.0 Å². The van der Waals surface area contributed by atoms with Crippen molar-refractivity contribution in [3.63, 3.8) is 0 Å². The first-order chi connectivity index (χ1) is 11.0. The van der Waals surface area contributed by atoms with Crippen LogP contribution in [0.1, 0.15) is 46.5 Å². The van der Waals surface area contributed by atoms with E-state index >= 15 is 0 Å². The molecule has 1 amide bonds. The van der Waals surface area contributed by atoms with Gasteiger partial charge in [-0.3, -0.25) is 4.79 Å². The van der Waals surface area contributed by atoms with E-state index in [9.17, 15) is 9.59 Å². The van der Waals surface area contributed by atoms with E-state index < -0.39 is 0 Å². The third kappa shape index (κ3) is 3.92. The molecule has 1 aliphatic heterocycles. The molecule has 1 saturated heterocycles. The maximum absolute atomic E-state index is 12.7. The molecular formula is C19H27NO3. The first kappa shape index (κ1) is 17.5. The summed E-state index contributed by atoms with van der Waals surface area (Å²) in [6.07, 6.45) is 7.00. The highest BCUT2D eigenvalue weighted by Gasteiger charge is 2.37. The minimum absolute atomic E-state index is 0.0246. The topological polar surface area (TPSA) is 46.6 Å². The quantitative estimate of drug-likeness (QED) is 0.455. The van der Waals surface area contributed by atoms with Gasteiger partial charge in [-0.2, -0.15) is 0 Å². The summed E-state index contributed by atoms with van der Waals surface area (Å²) in [5.74, 6) is -0.211. The molecule has 126 valence electrons. The lowest BCUT2D eigenvalue weighted by Crippen LogP contribution is -2.32. The Morgan fingerprint density at radius 3 is 2.70 bits per heavy atom. The predicted molar refractivity (Wildman–Crippen MR) is 90.7 cm³/mol. The largest absolute Gasteiger partial charge is 0.454 e. The molecule has 2 atom stereocenters. The number of ether oxygens (including phenoxy) is 1. The molecule has 0 aromatic heterocycles. The molecule has 0 bridgehead atoms. The molecule has 0 N–H and O–H groups in total. The SMILES string of the molecule is C=C1C(=O)O[C@@H]2/C=C(/C)CC/C=C(/C(=O)N(CC)CC)CC[C@H]12. The summed E-state index contributed by atoms with van der Waals surface area (Å²) < 4.78 is 5.44. The fourth-order valence-corrected chi connectivity index (χ4v) is 3.28. The molecule has 0 unspecified atom stereocenters. The minimum atomic E-state index is -0.302. The molecule has 2 rings (SSSR count). The van der Waals surface area contributed by atoms with Gasteiger partial charge in [0.15, 0.2) is 0 Å². The average Bonchev–Trinajstić information content (AvgIpc) is 2.78. The number of nitrogens with zero attached hydrogens (tertiary/aromatic N) is 1. The van der Waals surface area contributed by atoms with Gasteiger partial charge in [-0.1, -0.05) is 18.2 Å². The van der Waals surface area contributed by atoms with Crippen molar-refractivity contribution in [2.45, 2.75) is 52.6 Å². The van der Waals surface area contributed by atoms with Crippen LogP contribution in [0.2, 0.25) is 0 Å². The van der Waals surface area contributed by atoms with E-state index in [1.165, 1.54) is 5.57 Å². The van der Waals surface area contributed by atoms with Gasteiger partial charge in [0, 0.05) is 30.2 Å². The van der Waals surface area contributed by atoms with Gasteiger partial charge in [0.1, 0.15) is 6.10 Å². The lowest BCUT2D eigenvalue weighted by molar-refractivity contribution is -0.137. The van der Waals surface area contributed by atoms with Crippen LogP contribution < -0.4 is 0 Å². The van der Waals surface area contributed by atoms with Crippen molar-refractivity contribution < 1.29 is 14.3 Å². The smallest absolute Gasteiger partial charge is 0.334 e. The first-order valence-electron chi connectivity index (χ1n) is 8.53. The number of hydrogen-bond donors (Lipinski definition) is 0. The van der Waals surface area contributed by atoms with Gasteiger partial charge in [-0.15, -0.1) is 0 Å². The van der Waals surface area contributed by atoms with E-state index in [1.807, 2.05) is 31.7 Å². The van der Waals surface area contributed by atoms with Gasteiger partial charge >= 0.3 is 5.97 Å². The summed E-state index contributed by atoms with van der Waals surface area (Å²) in [6.45, 7) is 11.4. The van der Waals surface area contributed by atoms with Crippen LogP contribution in [0.4, 0.5) is 0 Å². The number of fused-ring (bicyclic) bond motifs is 1. The lowest BCUT2D eigenvalue weighted by Gasteiger charge is -2.23. The van der Waals surface area contributed by atoms with Gasteiger partial charge in [0.05, 0.1) is 0 Å². The Labute approximate surface area is 138 Å². The predicted octanol–water partition coefficient (Wildman–Crippen LogP) is 3.40. The van der Waals surface area contributed by atoms with Crippen LogP contribution in [0.15, 0.2) is 35.5 Å². The summed E-state index contributed by atoms with van der Waals surface area (Å²) in [4.78, 5) is 26.3. The van der Waals surface area contributed by atoms with E-state index in [0.717, 1.165) is 24.8 Å². The Kier molecular flexibility index (Phi) is 5.80. The first-order valence-corrected chi connectivity index (χ1v) is 8.53. The normalized spacial score (nSPS) is 29.7. The standard InChI is InChI=1S/C19H27NO3/c1-5-20(6-2)18(21)15-9-7-8-13(3)12-17-16(11-10-15)14(4)19(22)23-17/h9,12,16-17H,4-8,10-11H2,1-3H3/b13-12-,15-9+/t16-,17-/m1/s1. The van der Waals surface area contributed by atoms with E-state index in [1.54, 1.807) is 0 Å². The van der Waals surface area contributed by atoms with Gasteiger partial charge in [0.2, 0.25) is 5.91 Å². The molecule has 0 saturated carbocycles. The maximum atomic E-state index is 12.7. The summed E-state index contributed by atoms with van der Waals surface area (Å²) in [6, 6.07) is 0. The van der Waals surface area contributed by atoms with E-state index in [0.29, 0.717) is 25.1 Å². The zero-order valence-corrected chi connectivity index (χ0v) is 14.4. The van der Waals surface area contributed by atoms with Gasteiger partial charge < -0.3 is 9.64 Å². The molecule has 0 spiro atoms. The van der Waals surface area contributed by atoms with Crippen molar-refractivity contribution in [2.24, 2.45) is 5.92 Å². The Balaban J connectivity index is 2.22. The van der Waals surface area contributed by atoms with Crippen LogP contribution in [0.25, 0.3) is 0 Å². The monoisotopic (exact) mass is 317 g/mol. The van der Waals surface area contributed by atoms with Crippen LogP contribution >= 0.6 is 0 Å². The number of rotatable bonds is 3. The second-order valence-electron chi connectivity index (χ2n) is 6.30. The number of carbonyl (C=O) groups is 2. The van der Waals surface area contributed by atoms with Gasteiger partial charge in [0.25, 0.3) is 0 Å². The summed E-state index contributed by atoms with van der Waals surface area (Å²) in [5.41, 5.74) is 2.58. The van der Waals surface area contributed by atoms with Crippen LogP contribution in [-0.2, 0) is 14.3 Å². The second kappa shape index (κ2) is 7.62. The van der Waals surface area contributed by atoms with Crippen LogP contribution in [0, 0.1) is 5.92 Å². The maximum Gasteiger partial charge on any atom is 0.334 e. The molecule has 4 nitrogen and oxygen atoms in total. The van der Waals surface area contributed by atoms with E-state index in [-0.39, 0.29) is 23.9 Å². The molecule has 1 heterocycles. The average molecular weight is 317 g/mol. The van der Waals surface area contributed by atoms with Crippen molar-refractivity contribution in [3.05, 3.63) is 35.5 Å². The zero-order chi connectivity index (χ0) is 17.0. The number of esters is 1. The van der Waals surface area contributed by atoms with Gasteiger partial charge in [-0.05, 0) is 52.5 Å². The van der Waals surface area contributed by atoms with Crippen molar-refractivity contribution in [2.75, 3.05) is 13.1 Å².